The number of hydrogen-bond donors (Lipinski definition) is 4. The smallest absolute Gasteiger partial charge is 0.329 e. The normalized spacial score (nSPS) is 22.8. The highest BCUT2D eigenvalue weighted by Gasteiger charge is 2.42. The van der Waals surface area contributed by atoms with Crippen LogP contribution in [0.3, 0.4) is 0 Å². The van der Waals surface area contributed by atoms with E-state index in [0.29, 0.717) is 0 Å². The van der Waals surface area contributed by atoms with E-state index in [-0.39, 0.29) is 12.5 Å². The summed E-state index contributed by atoms with van der Waals surface area (Å²) in [5, 5.41) is 31.1. The molecule has 0 bridgehead atoms. The quantitative estimate of drug-likeness (QED) is 0.243. The first kappa shape index (κ1) is 25.5. The van der Waals surface area contributed by atoms with Crippen LogP contribution in [0.25, 0.3) is 11.1 Å². The third-order valence-corrected chi connectivity index (χ3v) is 6.09. The molecule has 0 radical (unpaired) electrons. The SMILES string of the molecule is CC(=O)NC(=O)N(C=N[C@@H]1O[C@H](CO)C(O)[C@@H]1O)CC(=O)OCC1c2ccccc2-c2ccccc21. The predicted molar refractivity (Wildman–Crippen MR) is 127 cm³/mol. The number of benzene rings is 2. The molecular weight excluding hydrogens is 470 g/mol. The fourth-order valence-electron chi connectivity index (χ4n) is 4.34. The summed E-state index contributed by atoms with van der Waals surface area (Å²) < 4.78 is 10.8. The number of urea groups is 1. The standard InChI is InChI=1S/C25H27N3O8/c1-14(30)27-25(34)28(13-26-24-23(33)22(32)20(11-29)36-24)10-21(31)35-12-19-17-8-4-2-6-15(17)16-7-3-5-9-18(16)19/h2-9,13,19-20,22-24,29,32-33H,10-12H2,1H3,(H,27,30,34)/t20-,22?,23+,24-/m1/s1. The van der Waals surface area contributed by atoms with Crippen molar-refractivity contribution in [1.82, 2.24) is 10.2 Å². The molecule has 36 heavy (non-hydrogen) atoms. The highest BCUT2D eigenvalue weighted by molar-refractivity contribution is 5.99. The van der Waals surface area contributed by atoms with Crippen molar-refractivity contribution < 1.29 is 39.2 Å². The van der Waals surface area contributed by atoms with E-state index in [2.05, 4.69) is 4.99 Å². The van der Waals surface area contributed by atoms with Crippen LogP contribution in [0, 0.1) is 0 Å². The molecule has 11 heteroatoms. The van der Waals surface area contributed by atoms with E-state index >= 15 is 0 Å². The molecule has 1 aliphatic heterocycles. The van der Waals surface area contributed by atoms with Crippen LogP contribution in [0.4, 0.5) is 4.79 Å². The zero-order valence-electron chi connectivity index (χ0n) is 19.5. The van der Waals surface area contributed by atoms with E-state index in [4.69, 9.17) is 9.47 Å². The van der Waals surface area contributed by atoms with Gasteiger partial charge in [-0.3, -0.25) is 19.8 Å². The number of imide groups is 1. The summed E-state index contributed by atoms with van der Waals surface area (Å²) in [6.07, 6.45) is -4.25. The van der Waals surface area contributed by atoms with Crippen molar-refractivity contribution in [2.75, 3.05) is 19.8 Å². The lowest BCUT2D eigenvalue weighted by atomic mass is 9.98. The van der Waals surface area contributed by atoms with Gasteiger partial charge < -0.3 is 24.8 Å². The molecule has 0 spiro atoms. The van der Waals surface area contributed by atoms with Crippen LogP contribution in [-0.4, -0.2) is 88.8 Å². The molecule has 1 heterocycles. The van der Waals surface area contributed by atoms with Crippen molar-refractivity contribution in [3.05, 3.63) is 59.7 Å². The van der Waals surface area contributed by atoms with Gasteiger partial charge in [-0.25, -0.2) is 9.79 Å². The van der Waals surface area contributed by atoms with Crippen LogP contribution in [0.5, 0.6) is 0 Å². The van der Waals surface area contributed by atoms with E-state index in [1.54, 1.807) is 0 Å². The average Bonchev–Trinajstić information content (AvgIpc) is 3.33. The van der Waals surface area contributed by atoms with Gasteiger partial charge in [-0.2, -0.15) is 0 Å². The number of nitrogens with zero attached hydrogens (tertiary/aromatic N) is 2. The Morgan fingerprint density at radius 2 is 1.67 bits per heavy atom. The monoisotopic (exact) mass is 497 g/mol. The van der Waals surface area contributed by atoms with E-state index in [9.17, 15) is 29.7 Å². The maximum atomic E-state index is 12.7. The van der Waals surface area contributed by atoms with Gasteiger partial charge in [0.25, 0.3) is 0 Å². The Bertz CT molecular complexity index is 1120. The summed E-state index contributed by atoms with van der Waals surface area (Å²) in [7, 11) is 0. The predicted octanol–water partition coefficient (Wildman–Crippen LogP) is 0.368. The van der Waals surface area contributed by atoms with Crippen molar-refractivity contribution in [1.29, 1.82) is 0 Å². The van der Waals surface area contributed by atoms with Crippen molar-refractivity contribution in [2.24, 2.45) is 4.99 Å². The first-order valence-electron chi connectivity index (χ1n) is 11.4. The maximum Gasteiger partial charge on any atom is 0.329 e. The number of fused-ring (bicyclic) bond motifs is 3. The summed E-state index contributed by atoms with van der Waals surface area (Å²) >= 11 is 0. The Morgan fingerprint density at radius 3 is 2.22 bits per heavy atom. The van der Waals surface area contributed by atoms with Crippen LogP contribution < -0.4 is 5.32 Å². The third-order valence-electron chi connectivity index (χ3n) is 6.09. The van der Waals surface area contributed by atoms with Gasteiger partial charge in [0.15, 0.2) is 6.23 Å². The molecule has 0 aromatic heterocycles. The molecule has 1 fully saturated rings. The van der Waals surface area contributed by atoms with Crippen molar-refractivity contribution in [2.45, 2.75) is 37.4 Å². The van der Waals surface area contributed by atoms with Crippen LogP contribution in [0.15, 0.2) is 53.5 Å². The first-order valence-corrected chi connectivity index (χ1v) is 11.4. The molecule has 4 atom stereocenters. The largest absolute Gasteiger partial charge is 0.463 e. The Balaban J connectivity index is 1.44. The molecule has 1 aliphatic carbocycles. The summed E-state index contributed by atoms with van der Waals surface area (Å²) in [6, 6.07) is 14.8. The second-order valence-corrected chi connectivity index (χ2v) is 8.52. The van der Waals surface area contributed by atoms with Crippen LogP contribution in [0.2, 0.25) is 0 Å². The molecular formula is C25H27N3O8. The Hall–Kier alpha value is -3.64. The molecule has 11 nitrogen and oxygen atoms in total. The molecule has 3 amide bonds. The zero-order valence-corrected chi connectivity index (χ0v) is 19.5. The number of rotatable bonds is 7. The Labute approximate surface area is 207 Å². The molecule has 190 valence electrons. The van der Waals surface area contributed by atoms with Crippen molar-refractivity contribution in [3.8, 4) is 11.1 Å². The van der Waals surface area contributed by atoms with Gasteiger partial charge in [0, 0.05) is 12.8 Å². The number of nitrogens with one attached hydrogen (secondary N) is 1. The highest BCUT2D eigenvalue weighted by atomic mass is 16.6. The van der Waals surface area contributed by atoms with Gasteiger partial charge in [-0.05, 0) is 22.3 Å². The lowest BCUT2D eigenvalue weighted by Crippen LogP contribution is -2.44. The zero-order chi connectivity index (χ0) is 25.8. The topological polar surface area (TPSA) is 158 Å². The van der Waals surface area contributed by atoms with Gasteiger partial charge in [0.05, 0.1) is 12.9 Å². The molecule has 2 aromatic rings. The number of hydrogen-bond acceptors (Lipinski definition) is 9. The number of ether oxygens (including phenoxy) is 2. The number of carbonyl (C=O) groups excluding carboxylic acids is 3. The van der Waals surface area contributed by atoms with Gasteiger partial charge >= 0.3 is 12.0 Å². The molecule has 2 aliphatic rings. The maximum absolute atomic E-state index is 12.7. The fraction of sp³-hybridized carbons (Fsp3) is 0.360. The number of carbonyl (C=O) groups is 3. The lowest BCUT2D eigenvalue weighted by Gasteiger charge is -2.19. The Kier molecular flexibility index (Phi) is 7.75. The minimum absolute atomic E-state index is 0.0427. The molecule has 1 saturated heterocycles. The average molecular weight is 498 g/mol. The second-order valence-electron chi connectivity index (χ2n) is 8.52. The summed E-state index contributed by atoms with van der Waals surface area (Å²) in [6.45, 7) is 0.0551. The van der Waals surface area contributed by atoms with Crippen LogP contribution in [-0.2, 0) is 19.1 Å². The summed E-state index contributed by atoms with van der Waals surface area (Å²) in [5.74, 6) is -1.57. The van der Waals surface area contributed by atoms with Crippen molar-refractivity contribution >= 4 is 24.2 Å². The van der Waals surface area contributed by atoms with E-state index in [0.717, 1.165) is 40.4 Å². The molecule has 4 rings (SSSR count). The fourth-order valence-corrected chi connectivity index (χ4v) is 4.34. The molecule has 1 unspecified atom stereocenters. The van der Waals surface area contributed by atoms with Crippen LogP contribution >= 0.6 is 0 Å². The summed E-state index contributed by atoms with van der Waals surface area (Å²) in [4.78, 5) is 41.2. The molecule has 0 saturated carbocycles. The molecule has 2 aromatic carbocycles. The molecule has 4 N–H and O–H groups in total. The second kappa shape index (κ2) is 11.0. The minimum atomic E-state index is -1.45. The van der Waals surface area contributed by atoms with Gasteiger partial charge in [0.2, 0.25) is 5.91 Å². The highest BCUT2D eigenvalue weighted by Crippen LogP contribution is 2.44. The van der Waals surface area contributed by atoms with Gasteiger partial charge in [-0.15, -0.1) is 0 Å². The number of aliphatic imine (C=N–C) groups is 1. The van der Waals surface area contributed by atoms with Gasteiger partial charge in [-0.1, -0.05) is 48.5 Å². The summed E-state index contributed by atoms with van der Waals surface area (Å²) in [5.41, 5.74) is 4.21. The third kappa shape index (κ3) is 5.29. The van der Waals surface area contributed by atoms with Crippen molar-refractivity contribution in [3.63, 3.8) is 0 Å². The van der Waals surface area contributed by atoms with E-state index in [1.165, 1.54) is 0 Å². The lowest BCUT2D eigenvalue weighted by molar-refractivity contribution is -0.143. The van der Waals surface area contributed by atoms with E-state index in [1.807, 2.05) is 53.8 Å². The van der Waals surface area contributed by atoms with E-state index < -0.39 is 55.6 Å². The Morgan fingerprint density at radius 1 is 1.06 bits per heavy atom. The van der Waals surface area contributed by atoms with Gasteiger partial charge in [0.1, 0.15) is 31.5 Å². The number of esters is 1. The number of aliphatic hydroxyl groups excluding tert-OH is 3. The number of amides is 3. The first-order chi connectivity index (χ1) is 17.3. The minimum Gasteiger partial charge on any atom is -0.463 e. The number of aliphatic hydroxyl groups is 3. The van der Waals surface area contributed by atoms with Crippen LogP contribution in [0.1, 0.15) is 24.0 Å².